The highest BCUT2D eigenvalue weighted by molar-refractivity contribution is 5.92. The van der Waals surface area contributed by atoms with Crippen LogP contribution in [-0.4, -0.2) is 31.9 Å². The van der Waals surface area contributed by atoms with E-state index in [0.717, 1.165) is 11.3 Å². The molecular weight excluding hydrogens is 246 g/mol. The van der Waals surface area contributed by atoms with E-state index in [9.17, 15) is 4.79 Å². The highest BCUT2D eigenvalue weighted by atomic mass is 16.5. The maximum atomic E-state index is 11.6. The molecule has 0 spiro atoms. The molecular formula is C12H17N5O2. The van der Waals surface area contributed by atoms with Gasteiger partial charge in [-0.25, -0.2) is 9.78 Å². The maximum Gasteiger partial charge on any atom is 0.360 e. The minimum absolute atomic E-state index is 0.156. The van der Waals surface area contributed by atoms with Crippen LogP contribution in [0.2, 0.25) is 0 Å². The van der Waals surface area contributed by atoms with Crippen molar-refractivity contribution in [1.29, 1.82) is 0 Å². The Morgan fingerprint density at radius 2 is 2.26 bits per heavy atom. The maximum absolute atomic E-state index is 11.6. The first-order valence-corrected chi connectivity index (χ1v) is 5.99. The molecule has 0 saturated carbocycles. The second-order valence-corrected chi connectivity index (χ2v) is 4.24. The zero-order chi connectivity index (χ0) is 14.0. The minimum atomic E-state index is -0.498. The van der Waals surface area contributed by atoms with Gasteiger partial charge in [-0.1, -0.05) is 0 Å². The number of rotatable bonds is 4. The lowest BCUT2D eigenvalue weighted by atomic mass is 10.2. The number of carbonyl (C=O) groups excluding carboxylic acids is 1. The Kier molecular flexibility index (Phi) is 3.55. The molecule has 19 heavy (non-hydrogen) atoms. The summed E-state index contributed by atoms with van der Waals surface area (Å²) in [5.74, 6) is -0.191. The van der Waals surface area contributed by atoms with Gasteiger partial charge < -0.3 is 15.0 Å². The molecule has 0 aliphatic carbocycles. The molecule has 2 aromatic heterocycles. The SMILES string of the molecule is CCOC(=O)c1ncn(Cc2cn(C)nc2C)c1N. The van der Waals surface area contributed by atoms with Gasteiger partial charge in [0.15, 0.2) is 5.69 Å². The van der Waals surface area contributed by atoms with Crippen LogP contribution in [0.4, 0.5) is 5.82 Å². The fourth-order valence-electron chi connectivity index (χ4n) is 1.86. The smallest absolute Gasteiger partial charge is 0.360 e. The summed E-state index contributed by atoms with van der Waals surface area (Å²) in [6.45, 7) is 4.49. The predicted octanol–water partition coefficient (Wildman–Crippen LogP) is 0.732. The van der Waals surface area contributed by atoms with Crippen molar-refractivity contribution in [2.75, 3.05) is 12.3 Å². The monoisotopic (exact) mass is 263 g/mol. The molecule has 0 bridgehead atoms. The molecule has 0 fully saturated rings. The number of imidazole rings is 1. The molecule has 2 heterocycles. The summed E-state index contributed by atoms with van der Waals surface area (Å²) in [5, 5.41) is 4.26. The van der Waals surface area contributed by atoms with Crippen LogP contribution >= 0.6 is 0 Å². The number of nitrogens with two attached hydrogens (primary N) is 1. The highest BCUT2D eigenvalue weighted by Gasteiger charge is 2.17. The van der Waals surface area contributed by atoms with Crippen LogP contribution in [0.5, 0.6) is 0 Å². The Labute approximate surface area is 111 Å². The van der Waals surface area contributed by atoms with Crippen molar-refractivity contribution < 1.29 is 9.53 Å². The van der Waals surface area contributed by atoms with Crippen LogP contribution < -0.4 is 5.73 Å². The van der Waals surface area contributed by atoms with Crippen molar-refractivity contribution in [1.82, 2.24) is 19.3 Å². The number of nitrogen functional groups attached to an aromatic ring is 1. The van der Waals surface area contributed by atoms with Gasteiger partial charge >= 0.3 is 5.97 Å². The van der Waals surface area contributed by atoms with Gasteiger partial charge in [0.2, 0.25) is 0 Å². The summed E-state index contributed by atoms with van der Waals surface area (Å²) in [5.41, 5.74) is 8.02. The number of aryl methyl sites for hydroxylation is 2. The average Bonchev–Trinajstić information content (AvgIpc) is 2.85. The van der Waals surface area contributed by atoms with Crippen LogP contribution in [0.25, 0.3) is 0 Å². The lowest BCUT2D eigenvalue weighted by molar-refractivity contribution is 0.0521. The number of esters is 1. The molecule has 102 valence electrons. The van der Waals surface area contributed by atoms with E-state index in [1.54, 1.807) is 16.2 Å². The molecule has 7 nitrogen and oxygen atoms in total. The zero-order valence-corrected chi connectivity index (χ0v) is 11.3. The molecule has 0 aromatic carbocycles. The standard InChI is InChI=1S/C12H17N5O2/c1-4-19-12(18)10-11(13)17(7-14-10)6-9-5-16(3)15-8(9)2/h5,7H,4,6,13H2,1-3H3. The molecule has 0 aliphatic rings. The number of ether oxygens (including phenoxy) is 1. The molecule has 0 unspecified atom stereocenters. The van der Waals surface area contributed by atoms with Gasteiger partial charge in [-0.2, -0.15) is 5.10 Å². The van der Waals surface area contributed by atoms with Gasteiger partial charge in [0, 0.05) is 18.8 Å². The van der Waals surface area contributed by atoms with E-state index in [-0.39, 0.29) is 5.69 Å². The quantitative estimate of drug-likeness (QED) is 0.822. The van der Waals surface area contributed by atoms with Gasteiger partial charge in [-0.05, 0) is 13.8 Å². The largest absolute Gasteiger partial charge is 0.461 e. The van der Waals surface area contributed by atoms with Gasteiger partial charge in [0.05, 0.1) is 25.2 Å². The minimum Gasteiger partial charge on any atom is -0.461 e. The predicted molar refractivity (Wildman–Crippen MR) is 69.6 cm³/mol. The highest BCUT2D eigenvalue weighted by Crippen LogP contribution is 2.15. The third-order valence-corrected chi connectivity index (χ3v) is 2.80. The number of hydrogen-bond donors (Lipinski definition) is 1. The van der Waals surface area contributed by atoms with Crippen LogP contribution in [0.3, 0.4) is 0 Å². The molecule has 0 saturated heterocycles. The Morgan fingerprint density at radius 1 is 1.53 bits per heavy atom. The van der Waals surface area contributed by atoms with Crippen molar-refractivity contribution in [2.24, 2.45) is 7.05 Å². The lowest BCUT2D eigenvalue weighted by Crippen LogP contribution is -2.10. The average molecular weight is 263 g/mol. The first-order chi connectivity index (χ1) is 9.02. The topological polar surface area (TPSA) is 88.0 Å². The Balaban J connectivity index is 2.23. The summed E-state index contributed by atoms with van der Waals surface area (Å²) in [6, 6.07) is 0. The van der Waals surface area contributed by atoms with Gasteiger partial charge in [0.1, 0.15) is 5.82 Å². The van der Waals surface area contributed by atoms with E-state index >= 15 is 0 Å². The summed E-state index contributed by atoms with van der Waals surface area (Å²) in [6.07, 6.45) is 3.45. The molecule has 0 amide bonds. The first kappa shape index (κ1) is 13.1. The molecule has 7 heteroatoms. The van der Waals surface area contributed by atoms with E-state index in [0.29, 0.717) is 19.0 Å². The van der Waals surface area contributed by atoms with E-state index in [4.69, 9.17) is 10.5 Å². The number of hydrogen-bond acceptors (Lipinski definition) is 5. The summed E-state index contributed by atoms with van der Waals surface area (Å²) < 4.78 is 8.33. The third kappa shape index (κ3) is 2.59. The van der Waals surface area contributed by atoms with Crippen LogP contribution in [-0.2, 0) is 18.3 Å². The second kappa shape index (κ2) is 5.13. The van der Waals surface area contributed by atoms with Crippen LogP contribution in [0, 0.1) is 6.92 Å². The van der Waals surface area contributed by atoms with E-state index in [2.05, 4.69) is 10.1 Å². The van der Waals surface area contributed by atoms with Gasteiger partial charge in [-0.3, -0.25) is 4.68 Å². The molecule has 2 aromatic rings. The summed E-state index contributed by atoms with van der Waals surface area (Å²) in [4.78, 5) is 15.6. The van der Waals surface area contributed by atoms with E-state index < -0.39 is 5.97 Å². The molecule has 2 rings (SSSR count). The van der Waals surface area contributed by atoms with Crippen LogP contribution in [0.1, 0.15) is 28.7 Å². The Bertz CT molecular complexity index is 599. The normalized spacial score (nSPS) is 10.7. The number of anilines is 1. The van der Waals surface area contributed by atoms with Crippen molar-refractivity contribution in [3.63, 3.8) is 0 Å². The van der Waals surface area contributed by atoms with E-state index in [1.807, 2.05) is 20.2 Å². The second-order valence-electron chi connectivity index (χ2n) is 4.24. The first-order valence-electron chi connectivity index (χ1n) is 5.99. The van der Waals surface area contributed by atoms with Gasteiger partial charge in [-0.15, -0.1) is 0 Å². The fourth-order valence-corrected chi connectivity index (χ4v) is 1.86. The Hall–Kier alpha value is -2.31. The van der Waals surface area contributed by atoms with Crippen molar-refractivity contribution in [3.05, 3.63) is 29.5 Å². The third-order valence-electron chi connectivity index (χ3n) is 2.80. The summed E-state index contributed by atoms with van der Waals surface area (Å²) in [7, 11) is 1.86. The molecule has 2 N–H and O–H groups in total. The lowest BCUT2D eigenvalue weighted by Gasteiger charge is -2.04. The molecule has 0 radical (unpaired) electrons. The zero-order valence-electron chi connectivity index (χ0n) is 11.3. The van der Waals surface area contributed by atoms with Crippen LogP contribution in [0.15, 0.2) is 12.5 Å². The number of carbonyl (C=O) groups is 1. The Morgan fingerprint density at radius 3 is 2.84 bits per heavy atom. The van der Waals surface area contributed by atoms with Crippen molar-refractivity contribution in [3.8, 4) is 0 Å². The van der Waals surface area contributed by atoms with Gasteiger partial charge in [0.25, 0.3) is 0 Å². The van der Waals surface area contributed by atoms with Crippen molar-refractivity contribution >= 4 is 11.8 Å². The number of aromatic nitrogens is 4. The molecule has 0 aliphatic heterocycles. The fraction of sp³-hybridized carbons (Fsp3) is 0.417. The van der Waals surface area contributed by atoms with E-state index in [1.165, 1.54) is 6.33 Å². The molecule has 0 atom stereocenters. The summed E-state index contributed by atoms with van der Waals surface area (Å²) >= 11 is 0. The number of nitrogens with zero attached hydrogens (tertiary/aromatic N) is 4. The van der Waals surface area contributed by atoms with Crippen molar-refractivity contribution in [2.45, 2.75) is 20.4 Å².